The van der Waals surface area contributed by atoms with Crippen molar-refractivity contribution in [2.24, 2.45) is 0 Å². The lowest BCUT2D eigenvalue weighted by Crippen LogP contribution is -2.29. The first-order valence-electron chi connectivity index (χ1n) is 8.39. The summed E-state index contributed by atoms with van der Waals surface area (Å²) in [5.41, 5.74) is 3.63. The van der Waals surface area contributed by atoms with Crippen LogP contribution in [0.2, 0.25) is 0 Å². The average molecular weight is 297 g/mol. The molecule has 0 radical (unpaired) electrons. The van der Waals surface area contributed by atoms with E-state index in [9.17, 15) is 0 Å². The molecule has 118 valence electrons. The van der Waals surface area contributed by atoms with Gasteiger partial charge in [0.2, 0.25) is 0 Å². The number of hydrogen-bond donors (Lipinski definition) is 1. The molecule has 0 spiro atoms. The smallest absolute Gasteiger partial charge is 0.115 e. The van der Waals surface area contributed by atoms with E-state index in [-0.39, 0.29) is 0 Å². The fourth-order valence-corrected chi connectivity index (χ4v) is 2.62. The summed E-state index contributed by atoms with van der Waals surface area (Å²) in [7, 11) is 0. The highest BCUT2D eigenvalue weighted by molar-refractivity contribution is 5.17. The molecule has 0 fully saturated rings. The molecular weight excluding hydrogens is 270 g/mol. The fraction of sp³-hybridized carbons (Fsp3) is 0.474. The maximum atomic E-state index is 4.40. The van der Waals surface area contributed by atoms with Crippen molar-refractivity contribution in [3.63, 3.8) is 0 Å². The van der Waals surface area contributed by atoms with Gasteiger partial charge in [-0.3, -0.25) is 0 Å². The van der Waals surface area contributed by atoms with Crippen LogP contribution in [0.4, 0.5) is 0 Å². The summed E-state index contributed by atoms with van der Waals surface area (Å²) in [5, 5.41) is 3.58. The predicted molar refractivity (Wildman–Crippen MR) is 92.0 cm³/mol. The van der Waals surface area contributed by atoms with Gasteiger partial charge < -0.3 is 5.32 Å². The van der Waals surface area contributed by atoms with Gasteiger partial charge in [0.05, 0.1) is 0 Å². The topological polar surface area (TPSA) is 37.8 Å². The number of nitrogens with zero attached hydrogens (tertiary/aromatic N) is 2. The molecule has 2 rings (SSSR count). The zero-order valence-electron chi connectivity index (χ0n) is 13.8. The van der Waals surface area contributed by atoms with Crippen LogP contribution in [0, 0.1) is 0 Å². The van der Waals surface area contributed by atoms with Crippen LogP contribution in [0.1, 0.15) is 43.6 Å². The molecule has 0 saturated carbocycles. The molecule has 1 N–H and O–H groups in total. The van der Waals surface area contributed by atoms with E-state index in [4.69, 9.17) is 0 Å². The van der Waals surface area contributed by atoms with Crippen LogP contribution < -0.4 is 5.32 Å². The highest BCUT2D eigenvalue weighted by Gasteiger charge is 2.04. The number of rotatable bonds is 9. The van der Waals surface area contributed by atoms with Crippen LogP contribution in [-0.2, 0) is 19.3 Å². The van der Waals surface area contributed by atoms with E-state index < -0.39 is 0 Å². The molecule has 0 aliphatic rings. The molecule has 2 aromatic rings. The second-order valence-corrected chi connectivity index (χ2v) is 5.70. The Morgan fingerprint density at radius 1 is 0.909 bits per heavy atom. The summed E-state index contributed by atoms with van der Waals surface area (Å²) < 4.78 is 0. The number of benzene rings is 1. The highest BCUT2D eigenvalue weighted by atomic mass is 14.9. The third-order valence-corrected chi connectivity index (χ3v) is 4.09. The normalized spacial score (nSPS) is 11.0. The summed E-state index contributed by atoms with van der Waals surface area (Å²) in [5.74, 6) is 0. The van der Waals surface area contributed by atoms with Gasteiger partial charge in [0.15, 0.2) is 0 Å². The summed E-state index contributed by atoms with van der Waals surface area (Å²) in [6, 6.07) is 13.3. The molecule has 0 atom stereocenters. The minimum atomic E-state index is 0.624. The van der Waals surface area contributed by atoms with Crippen molar-refractivity contribution >= 4 is 0 Å². The van der Waals surface area contributed by atoms with Crippen molar-refractivity contribution < 1.29 is 0 Å². The number of aryl methyl sites for hydroxylation is 2. The van der Waals surface area contributed by atoms with Gasteiger partial charge in [-0.15, -0.1) is 0 Å². The number of aromatic nitrogens is 2. The standard InChI is InChI=1S/C19H27N3/c1-3-17(4-2)20-13-12-19-14-18(21-15-22-19)11-10-16-8-6-5-7-9-16/h5-9,14-15,17,20H,3-4,10-13H2,1-2H3. The molecule has 1 aromatic heterocycles. The molecule has 3 heteroatoms. The predicted octanol–water partition coefficient (Wildman–Crippen LogP) is 3.58. The molecule has 22 heavy (non-hydrogen) atoms. The fourth-order valence-electron chi connectivity index (χ4n) is 2.62. The lowest BCUT2D eigenvalue weighted by molar-refractivity contribution is 0.486. The Morgan fingerprint density at radius 2 is 1.59 bits per heavy atom. The first-order chi connectivity index (χ1) is 10.8. The lowest BCUT2D eigenvalue weighted by Gasteiger charge is -2.14. The third-order valence-electron chi connectivity index (χ3n) is 4.09. The van der Waals surface area contributed by atoms with E-state index in [1.165, 1.54) is 18.4 Å². The summed E-state index contributed by atoms with van der Waals surface area (Å²) in [4.78, 5) is 8.79. The van der Waals surface area contributed by atoms with Gasteiger partial charge in [-0.2, -0.15) is 0 Å². The van der Waals surface area contributed by atoms with E-state index in [1.807, 2.05) is 0 Å². The zero-order chi connectivity index (χ0) is 15.6. The van der Waals surface area contributed by atoms with Crippen molar-refractivity contribution in [1.82, 2.24) is 15.3 Å². The first kappa shape index (κ1) is 16.6. The van der Waals surface area contributed by atoms with E-state index >= 15 is 0 Å². The Bertz CT molecular complexity index is 535. The van der Waals surface area contributed by atoms with Crippen molar-refractivity contribution in [2.75, 3.05) is 6.54 Å². The van der Waals surface area contributed by atoms with Gasteiger partial charge in [0.1, 0.15) is 6.33 Å². The maximum absolute atomic E-state index is 4.40. The summed E-state index contributed by atoms with van der Waals surface area (Å²) >= 11 is 0. The van der Waals surface area contributed by atoms with Gasteiger partial charge in [-0.25, -0.2) is 9.97 Å². The summed E-state index contributed by atoms with van der Waals surface area (Å²) in [6.07, 6.45) is 7.04. The second kappa shape index (κ2) is 9.31. The molecular formula is C19H27N3. The second-order valence-electron chi connectivity index (χ2n) is 5.70. The largest absolute Gasteiger partial charge is 0.314 e. The Kier molecular flexibility index (Phi) is 7.04. The lowest BCUT2D eigenvalue weighted by atomic mass is 10.1. The Labute approximate surface area is 134 Å². The van der Waals surface area contributed by atoms with Crippen LogP contribution in [0.15, 0.2) is 42.7 Å². The molecule has 0 unspecified atom stereocenters. The molecule has 0 bridgehead atoms. The van der Waals surface area contributed by atoms with Crippen LogP contribution in [0.25, 0.3) is 0 Å². The molecule has 0 saturated heterocycles. The highest BCUT2D eigenvalue weighted by Crippen LogP contribution is 2.06. The minimum absolute atomic E-state index is 0.624. The Morgan fingerprint density at radius 3 is 2.27 bits per heavy atom. The monoisotopic (exact) mass is 297 g/mol. The van der Waals surface area contributed by atoms with Gasteiger partial charge in [-0.05, 0) is 37.3 Å². The number of nitrogens with one attached hydrogen (secondary N) is 1. The first-order valence-corrected chi connectivity index (χ1v) is 8.39. The van der Waals surface area contributed by atoms with Crippen LogP contribution in [0.5, 0.6) is 0 Å². The SMILES string of the molecule is CCC(CC)NCCc1cc(CCc2ccccc2)ncn1. The van der Waals surface area contributed by atoms with Crippen LogP contribution >= 0.6 is 0 Å². The van der Waals surface area contributed by atoms with Gasteiger partial charge >= 0.3 is 0 Å². The Hall–Kier alpha value is -1.74. The van der Waals surface area contributed by atoms with E-state index in [0.717, 1.165) is 37.2 Å². The minimum Gasteiger partial charge on any atom is -0.314 e. The van der Waals surface area contributed by atoms with Crippen LogP contribution in [-0.4, -0.2) is 22.6 Å². The van der Waals surface area contributed by atoms with Crippen molar-refractivity contribution in [1.29, 1.82) is 0 Å². The average Bonchev–Trinajstić information content (AvgIpc) is 2.58. The molecule has 0 aliphatic heterocycles. The zero-order valence-corrected chi connectivity index (χ0v) is 13.8. The van der Waals surface area contributed by atoms with E-state index in [0.29, 0.717) is 6.04 Å². The molecule has 3 nitrogen and oxygen atoms in total. The maximum Gasteiger partial charge on any atom is 0.115 e. The van der Waals surface area contributed by atoms with Gasteiger partial charge in [-0.1, -0.05) is 44.2 Å². The molecule has 1 heterocycles. The Balaban J connectivity index is 1.82. The van der Waals surface area contributed by atoms with E-state index in [2.05, 4.69) is 65.5 Å². The number of hydrogen-bond acceptors (Lipinski definition) is 3. The van der Waals surface area contributed by atoms with Crippen LogP contribution in [0.3, 0.4) is 0 Å². The molecule has 0 aliphatic carbocycles. The van der Waals surface area contributed by atoms with Crippen molar-refractivity contribution in [3.05, 3.63) is 59.7 Å². The van der Waals surface area contributed by atoms with Crippen molar-refractivity contribution in [3.8, 4) is 0 Å². The van der Waals surface area contributed by atoms with Crippen molar-refractivity contribution in [2.45, 2.75) is 52.0 Å². The van der Waals surface area contributed by atoms with Gasteiger partial charge in [0.25, 0.3) is 0 Å². The molecule has 1 aromatic carbocycles. The van der Waals surface area contributed by atoms with Gasteiger partial charge in [0, 0.05) is 30.4 Å². The molecule has 0 amide bonds. The quantitative estimate of drug-likeness (QED) is 0.768. The third kappa shape index (κ3) is 5.57. The van der Waals surface area contributed by atoms with E-state index in [1.54, 1.807) is 6.33 Å². The summed E-state index contributed by atoms with van der Waals surface area (Å²) in [6.45, 7) is 5.45.